The Kier molecular flexibility index (Phi) is 9.31. The Balaban J connectivity index is 2.29. The van der Waals surface area contributed by atoms with Crippen LogP contribution in [-0.2, 0) is 19.1 Å². The van der Waals surface area contributed by atoms with Crippen LogP contribution in [0.25, 0.3) is 0 Å². The highest BCUT2D eigenvalue weighted by molar-refractivity contribution is 7.80. The third-order valence-electron chi connectivity index (χ3n) is 6.35. The lowest BCUT2D eigenvalue weighted by molar-refractivity contribution is -0.171. The summed E-state index contributed by atoms with van der Waals surface area (Å²) in [5, 5.41) is 6.75. The van der Waals surface area contributed by atoms with E-state index in [1.54, 1.807) is 20.8 Å². The number of nitrogens with zero attached hydrogens (tertiary/aromatic N) is 1. The fourth-order valence-corrected chi connectivity index (χ4v) is 4.49. The molecule has 2 aliphatic rings. The Morgan fingerprint density at radius 3 is 2.34 bits per heavy atom. The summed E-state index contributed by atoms with van der Waals surface area (Å²) in [6, 6.07) is -3.51. The topological polar surface area (TPSA) is 143 Å². The number of likely N-dealkylation sites (tertiary alicyclic amines) is 1. The molecule has 0 saturated carbocycles. The number of amides is 4. The summed E-state index contributed by atoms with van der Waals surface area (Å²) in [5.41, 5.74) is 4.98. The number of thiol groups is 1. The Morgan fingerprint density at radius 1 is 1.26 bits per heavy atom. The minimum atomic E-state index is -4.64. The van der Waals surface area contributed by atoms with E-state index in [-0.39, 0.29) is 12.3 Å². The lowest BCUT2D eigenvalue weighted by Gasteiger charge is -2.35. The average molecular weight is 526 g/mol. The Morgan fingerprint density at radius 2 is 1.89 bits per heavy atom. The average Bonchev–Trinajstić information content (AvgIpc) is 3.36. The zero-order valence-electron chi connectivity index (χ0n) is 20.1. The van der Waals surface area contributed by atoms with E-state index in [2.05, 4.69) is 33.3 Å². The fourth-order valence-electron chi connectivity index (χ4n) is 4.30. The number of methoxy groups -OCH3 is 1. The molecule has 35 heavy (non-hydrogen) atoms. The van der Waals surface area contributed by atoms with Gasteiger partial charge in [0.15, 0.2) is 0 Å². The molecule has 2 heterocycles. The molecule has 0 aromatic carbocycles. The lowest BCUT2D eigenvalue weighted by atomic mass is 9.85. The van der Waals surface area contributed by atoms with E-state index in [0.717, 1.165) is 12.0 Å². The number of nitrogens with one attached hydrogen (secondary N) is 3. The highest BCUT2D eigenvalue weighted by Crippen LogP contribution is 2.38. The van der Waals surface area contributed by atoms with Crippen LogP contribution < -0.4 is 21.7 Å². The molecule has 2 aliphatic heterocycles. The van der Waals surface area contributed by atoms with Crippen LogP contribution in [0.5, 0.6) is 0 Å². The van der Waals surface area contributed by atoms with E-state index in [0.29, 0.717) is 13.0 Å². The summed E-state index contributed by atoms with van der Waals surface area (Å²) in [7, 11) is 1.09. The van der Waals surface area contributed by atoms with Gasteiger partial charge in [-0.3, -0.25) is 14.4 Å². The minimum Gasteiger partial charge on any atom is -0.453 e. The maximum atomic E-state index is 13.6. The van der Waals surface area contributed by atoms with Gasteiger partial charge in [-0.05, 0) is 24.7 Å². The van der Waals surface area contributed by atoms with Crippen molar-refractivity contribution in [3.05, 3.63) is 0 Å². The van der Waals surface area contributed by atoms with E-state index in [1.165, 1.54) is 0 Å². The first-order valence-electron chi connectivity index (χ1n) is 11.3. The zero-order chi connectivity index (χ0) is 26.7. The monoisotopic (exact) mass is 525 g/mol. The number of carbonyl (C=O) groups excluding carboxylic acids is 4. The molecule has 10 nitrogen and oxygen atoms in total. The SMILES string of the molecule is COC(=O)N[C@H](C(=O)N1C[C@H](C(F)(F)F)C[C@H]1C(=O)N[C@@H](C[C@@H]1CCNC1=O)C(N)S)C(C)(C)C. The molecule has 4 amide bonds. The number of ether oxygens (including phenoxy) is 1. The Labute approximate surface area is 207 Å². The number of alkyl carbamates (subject to hydrolysis) is 1. The van der Waals surface area contributed by atoms with Crippen LogP contribution in [0.3, 0.4) is 0 Å². The summed E-state index contributed by atoms with van der Waals surface area (Å²) in [5.74, 6) is -4.21. The summed E-state index contributed by atoms with van der Waals surface area (Å²) in [6.07, 6.45) is -5.53. The van der Waals surface area contributed by atoms with Crippen molar-refractivity contribution in [2.75, 3.05) is 20.2 Å². The molecule has 0 bridgehead atoms. The molecule has 200 valence electrons. The number of carbonyl (C=O) groups is 4. The van der Waals surface area contributed by atoms with Gasteiger partial charge in [0.05, 0.1) is 24.4 Å². The molecule has 0 spiro atoms. The van der Waals surface area contributed by atoms with E-state index >= 15 is 0 Å². The fraction of sp³-hybridized carbons (Fsp3) is 0.810. The summed E-state index contributed by atoms with van der Waals surface area (Å²) >= 11 is 4.17. The van der Waals surface area contributed by atoms with Crippen molar-refractivity contribution in [3.63, 3.8) is 0 Å². The van der Waals surface area contributed by atoms with Gasteiger partial charge in [-0.25, -0.2) is 4.79 Å². The van der Waals surface area contributed by atoms with Crippen LogP contribution in [0.2, 0.25) is 0 Å². The van der Waals surface area contributed by atoms with Gasteiger partial charge in [0, 0.05) is 19.0 Å². The standard InChI is InChI=1S/C21H34F3N5O5S/c1-20(2,3)14(28-19(33)34-4)18(32)29-9-11(21(22,23)24)8-13(29)17(31)27-12(15(25)35)7-10-5-6-26-16(10)30/h10-15,35H,5-9,25H2,1-4H3,(H,26,30)(H,27,31)(H,28,33)/t10-,11+,12-,13-,14+,15?/m0/s1. The van der Waals surface area contributed by atoms with E-state index in [9.17, 15) is 32.3 Å². The van der Waals surface area contributed by atoms with Crippen LogP contribution in [0.15, 0.2) is 0 Å². The van der Waals surface area contributed by atoms with Crippen LogP contribution in [0.1, 0.15) is 40.0 Å². The maximum Gasteiger partial charge on any atom is 0.407 e. The highest BCUT2D eigenvalue weighted by Gasteiger charge is 2.53. The van der Waals surface area contributed by atoms with Gasteiger partial charge in [-0.2, -0.15) is 25.8 Å². The first-order chi connectivity index (χ1) is 16.1. The molecular formula is C21H34F3N5O5S. The quantitative estimate of drug-likeness (QED) is 0.245. The molecule has 5 N–H and O–H groups in total. The van der Waals surface area contributed by atoms with Crippen molar-refractivity contribution in [2.24, 2.45) is 23.0 Å². The van der Waals surface area contributed by atoms with Crippen molar-refractivity contribution in [1.29, 1.82) is 0 Å². The van der Waals surface area contributed by atoms with E-state index in [1.807, 2.05) is 0 Å². The third kappa shape index (κ3) is 7.38. The second-order valence-corrected chi connectivity index (χ2v) is 10.6. The molecule has 14 heteroatoms. The Hall–Kier alpha value is -2.22. The molecule has 0 aliphatic carbocycles. The van der Waals surface area contributed by atoms with Crippen molar-refractivity contribution < 1.29 is 37.1 Å². The molecule has 0 radical (unpaired) electrons. The van der Waals surface area contributed by atoms with Crippen LogP contribution >= 0.6 is 12.6 Å². The smallest absolute Gasteiger partial charge is 0.407 e. The predicted molar refractivity (Wildman–Crippen MR) is 123 cm³/mol. The number of nitrogens with two attached hydrogens (primary N) is 1. The first kappa shape index (κ1) is 29.0. The number of alkyl halides is 3. The molecular weight excluding hydrogens is 491 g/mol. The minimum absolute atomic E-state index is 0.153. The maximum absolute atomic E-state index is 13.6. The third-order valence-corrected chi connectivity index (χ3v) is 6.71. The number of halogens is 3. The molecule has 0 aromatic heterocycles. The lowest BCUT2D eigenvalue weighted by Crippen LogP contribution is -2.59. The highest BCUT2D eigenvalue weighted by atomic mass is 32.1. The second kappa shape index (κ2) is 11.2. The van der Waals surface area contributed by atoms with Gasteiger partial charge in [-0.15, -0.1) is 0 Å². The Bertz CT molecular complexity index is 820. The van der Waals surface area contributed by atoms with Crippen molar-refractivity contribution in [2.45, 2.75) is 69.7 Å². The summed E-state index contributed by atoms with van der Waals surface area (Å²) in [6.45, 7) is 4.62. The molecule has 2 fully saturated rings. The van der Waals surface area contributed by atoms with Crippen LogP contribution in [-0.4, -0.2) is 78.6 Å². The first-order valence-corrected chi connectivity index (χ1v) is 11.8. The van der Waals surface area contributed by atoms with Gasteiger partial charge in [-0.1, -0.05) is 20.8 Å². The van der Waals surface area contributed by atoms with Crippen LogP contribution in [0, 0.1) is 17.3 Å². The summed E-state index contributed by atoms with van der Waals surface area (Å²) < 4.78 is 45.4. The van der Waals surface area contributed by atoms with Gasteiger partial charge in [0.2, 0.25) is 17.7 Å². The van der Waals surface area contributed by atoms with E-state index in [4.69, 9.17) is 5.73 Å². The second-order valence-electron chi connectivity index (χ2n) is 10.0. The molecule has 6 atom stereocenters. The number of hydrogen-bond donors (Lipinski definition) is 5. The predicted octanol–water partition coefficient (Wildman–Crippen LogP) is 0.762. The van der Waals surface area contributed by atoms with Gasteiger partial charge in [0.1, 0.15) is 12.1 Å². The van der Waals surface area contributed by atoms with Gasteiger partial charge in [0.25, 0.3) is 0 Å². The molecule has 2 rings (SSSR count). The normalized spacial score (nSPS) is 25.5. The van der Waals surface area contributed by atoms with E-state index < -0.39 is 77.8 Å². The zero-order valence-corrected chi connectivity index (χ0v) is 21.0. The summed E-state index contributed by atoms with van der Waals surface area (Å²) in [4.78, 5) is 51.2. The van der Waals surface area contributed by atoms with Crippen molar-refractivity contribution in [1.82, 2.24) is 20.9 Å². The number of hydrogen-bond acceptors (Lipinski definition) is 7. The van der Waals surface area contributed by atoms with Gasteiger partial charge >= 0.3 is 12.3 Å². The molecule has 1 unspecified atom stereocenters. The molecule has 0 aromatic rings. The van der Waals surface area contributed by atoms with Gasteiger partial charge < -0.3 is 31.3 Å². The van der Waals surface area contributed by atoms with Crippen molar-refractivity contribution >= 4 is 36.4 Å². The largest absolute Gasteiger partial charge is 0.453 e. The van der Waals surface area contributed by atoms with Crippen molar-refractivity contribution in [3.8, 4) is 0 Å². The van der Waals surface area contributed by atoms with Crippen LogP contribution in [0.4, 0.5) is 18.0 Å². The number of rotatable bonds is 7. The molecule has 2 saturated heterocycles.